The van der Waals surface area contributed by atoms with Crippen molar-refractivity contribution in [3.8, 4) is 0 Å². The van der Waals surface area contributed by atoms with Gasteiger partial charge in [0.05, 0.1) is 6.04 Å². The molecule has 1 unspecified atom stereocenters. The van der Waals surface area contributed by atoms with Crippen molar-refractivity contribution in [1.82, 2.24) is 15.3 Å². The van der Waals surface area contributed by atoms with Gasteiger partial charge in [-0.1, -0.05) is 27.7 Å². The number of nitrogens with one attached hydrogen (secondary N) is 2. The molecule has 1 saturated carbocycles. The van der Waals surface area contributed by atoms with Crippen LogP contribution in [0.3, 0.4) is 0 Å². The second-order valence-electron chi connectivity index (χ2n) is 7.02. The Morgan fingerprint density at radius 3 is 2.47 bits per heavy atom. The molecule has 19 heavy (non-hydrogen) atoms. The van der Waals surface area contributed by atoms with Crippen molar-refractivity contribution < 1.29 is 0 Å². The van der Waals surface area contributed by atoms with Gasteiger partial charge in [-0.15, -0.1) is 0 Å². The highest BCUT2D eigenvalue weighted by Gasteiger charge is 2.30. The zero-order chi connectivity index (χ0) is 13.9. The molecule has 1 fully saturated rings. The molecule has 0 saturated heterocycles. The van der Waals surface area contributed by atoms with Crippen molar-refractivity contribution in [1.29, 1.82) is 0 Å². The fourth-order valence-corrected chi connectivity index (χ4v) is 3.27. The quantitative estimate of drug-likeness (QED) is 0.860. The van der Waals surface area contributed by atoms with E-state index >= 15 is 0 Å². The predicted octanol–water partition coefficient (Wildman–Crippen LogP) is 4.06. The van der Waals surface area contributed by atoms with E-state index in [4.69, 9.17) is 0 Å². The standard InChI is InChI=1S/C16H29N3/c1-5-14(15-17-10-11-18-15)19-13-8-6-12(7-9-13)16(2,3)4/h10-14,19H,5-9H2,1-4H3,(H,17,18). The van der Waals surface area contributed by atoms with Crippen LogP contribution in [0.4, 0.5) is 0 Å². The normalized spacial score (nSPS) is 26.3. The lowest BCUT2D eigenvalue weighted by molar-refractivity contribution is 0.155. The lowest BCUT2D eigenvalue weighted by Crippen LogP contribution is -2.38. The van der Waals surface area contributed by atoms with Crippen molar-refractivity contribution in [3.63, 3.8) is 0 Å². The van der Waals surface area contributed by atoms with Gasteiger partial charge in [0.1, 0.15) is 5.82 Å². The van der Waals surface area contributed by atoms with Crippen LogP contribution in [0.15, 0.2) is 12.4 Å². The molecule has 2 rings (SSSR count). The second kappa shape index (κ2) is 6.08. The van der Waals surface area contributed by atoms with Crippen LogP contribution in [-0.4, -0.2) is 16.0 Å². The molecule has 0 aromatic carbocycles. The second-order valence-corrected chi connectivity index (χ2v) is 7.02. The smallest absolute Gasteiger partial charge is 0.123 e. The molecule has 1 aromatic rings. The molecule has 1 atom stereocenters. The van der Waals surface area contributed by atoms with Gasteiger partial charge in [0, 0.05) is 18.4 Å². The number of rotatable bonds is 4. The molecule has 0 amide bonds. The van der Waals surface area contributed by atoms with Crippen molar-refractivity contribution in [2.24, 2.45) is 11.3 Å². The molecule has 0 bridgehead atoms. The Morgan fingerprint density at radius 1 is 1.32 bits per heavy atom. The maximum absolute atomic E-state index is 4.39. The summed E-state index contributed by atoms with van der Waals surface area (Å²) in [7, 11) is 0. The first-order valence-corrected chi connectivity index (χ1v) is 7.76. The largest absolute Gasteiger partial charge is 0.347 e. The first-order chi connectivity index (χ1) is 9.00. The molecule has 1 aliphatic rings. The highest BCUT2D eigenvalue weighted by atomic mass is 15.0. The van der Waals surface area contributed by atoms with Crippen molar-refractivity contribution in [2.45, 2.75) is 71.9 Å². The number of hydrogen-bond acceptors (Lipinski definition) is 2. The van der Waals surface area contributed by atoms with E-state index in [9.17, 15) is 0 Å². The number of imidazole rings is 1. The van der Waals surface area contributed by atoms with E-state index in [1.54, 1.807) is 0 Å². The fourth-order valence-electron chi connectivity index (χ4n) is 3.27. The number of H-pyrrole nitrogens is 1. The summed E-state index contributed by atoms with van der Waals surface area (Å²) >= 11 is 0. The van der Waals surface area contributed by atoms with E-state index in [1.165, 1.54) is 25.7 Å². The van der Waals surface area contributed by atoms with Crippen LogP contribution in [0.5, 0.6) is 0 Å². The van der Waals surface area contributed by atoms with Gasteiger partial charge in [0.15, 0.2) is 0 Å². The third-order valence-corrected chi connectivity index (χ3v) is 4.65. The fraction of sp³-hybridized carbons (Fsp3) is 0.812. The zero-order valence-corrected chi connectivity index (χ0v) is 12.9. The third kappa shape index (κ3) is 3.82. The summed E-state index contributed by atoms with van der Waals surface area (Å²) in [6.07, 6.45) is 10.2. The Balaban J connectivity index is 1.85. The minimum atomic E-state index is 0.381. The van der Waals surface area contributed by atoms with E-state index in [1.807, 2.05) is 12.4 Å². The van der Waals surface area contributed by atoms with Gasteiger partial charge in [0.25, 0.3) is 0 Å². The molecule has 3 heteroatoms. The van der Waals surface area contributed by atoms with Crippen molar-refractivity contribution in [3.05, 3.63) is 18.2 Å². The predicted molar refractivity (Wildman–Crippen MR) is 80.0 cm³/mol. The van der Waals surface area contributed by atoms with Crippen molar-refractivity contribution in [2.75, 3.05) is 0 Å². The van der Waals surface area contributed by atoms with Crippen LogP contribution in [0.1, 0.15) is 71.7 Å². The van der Waals surface area contributed by atoms with Crippen LogP contribution in [-0.2, 0) is 0 Å². The molecule has 0 radical (unpaired) electrons. The van der Waals surface area contributed by atoms with Crippen LogP contribution >= 0.6 is 0 Å². The van der Waals surface area contributed by atoms with Crippen LogP contribution in [0, 0.1) is 11.3 Å². The average molecular weight is 263 g/mol. The summed E-state index contributed by atoms with van der Waals surface area (Å²) in [6.45, 7) is 9.36. The summed E-state index contributed by atoms with van der Waals surface area (Å²) in [4.78, 5) is 7.63. The Kier molecular flexibility index (Phi) is 4.67. The molecular weight excluding hydrogens is 234 g/mol. The molecule has 1 aromatic heterocycles. The summed E-state index contributed by atoms with van der Waals surface area (Å²) in [6, 6.07) is 1.04. The van der Waals surface area contributed by atoms with Gasteiger partial charge >= 0.3 is 0 Å². The topological polar surface area (TPSA) is 40.7 Å². The lowest BCUT2D eigenvalue weighted by atomic mass is 9.71. The highest BCUT2D eigenvalue weighted by Crippen LogP contribution is 2.38. The Hall–Kier alpha value is -0.830. The van der Waals surface area contributed by atoms with Gasteiger partial charge in [0.2, 0.25) is 0 Å². The molecule has 0 aliphatic heterocycles. The Morgan fingerprint density at radius 2 is 2.00 bits per heavy atom. The summed E-state index contributed by atoms with van der Waals surface area (Å²) < 4.78 is 0. The van der Waals surface area contributed by atoms with Crippen LogP contribution < -0.4 is 5.32 Å². The third-order valence-electron chi connectivity index (χ3n) is 4.65. The molecule has 2 N–H and O–H groups in total. The molecular formula is C16H29N3. The number of aromatic nitrogens is 2. The number of aromatic amines is 1. The average Bonchev–Trinajstić information content (AvgIpc) is 2.89. The lowest BCUT2D eigenvalue weighted by Gasteiger charge is -2.38. The SMILES string of the molecule is CCC(NC1CCC(C(C)(C)C)CC1)c1ncc[nH]1. The molecule has 0 spiro atoms. The van der Waals surface area contributed by atoms with E-state index < -0.39 is 0 Å². The molecule has 3 nitrogen and oxygen atoms in total. The van der Waals surface area contributed by atoms with E-state index in [2.05, 4.69) is 43.0 Å². The van der Waals surface area contributed by atoms with Gasteiger partial charge in [-0.25, -0.2) is 4.98 Å². The molecule has 1 aliphatic carbocycles. The van der Waals surface area contributed by atoms with Gasteiger partial charge < -0.3 is 10.3 Å². The van der Waals surface area contributed by atoms with Crippen LogP contribution in [0.25, 0.3) is 0 Å². The van der Waals surface area contributed by atoms with Crippen LogP contribution in [0.2, 0.25) is 0 Å². The van der Waals surface area contributed by atoms with E-state index in [-0.39, 0.29) is 0 Å². The maximum atomic E-state index is 4.39. The summed E-state index contributed by atoms with van der Waals surface area (Å²) in [5, 5.41) is 3.79. The minimum Gasteiger partial charge on any atom is -0.347 e. The molecule has 1 heterocycles. The Labute approximate surface area is 117 Å². The van der Waals surface area contributed by atoms with Gasteiger partial charge in [-0.05, 0) is 43.4 Å². The van der Waals surface area contributed by atoms with E-state index in [0.717, 1.165) is 18.2 Å². The monoisotopic (exact) mass is 263 g/mol. The van der Waals surface area contributed by atoms with Crippen molar-refractivity contribution >= 4 is 0 Å². The van der Waals surface area contributed by atoms with Gasteiger partial charge in [-0.2, -0.15) is 0 Å². The highest BCUT2D eigenvalue weighted by molar-refractivity contribution is 4.97. The van der Waals surface area contributed by atoms with Gasteiger partial charge in [-0.3, -0.25) is 0 Å². The summed E-state index contributed by atoms with van der Waals surface area (Å²) in [5.41, 5.74) is 0.468. The number of hydrogen-bond donors (Lipinski definition) is 2. The minimum absolute atomic E-state index is 0.381. The zero-order valence-electron chi connectivity index (χ0n) is 12.9. The Bertz CT molecular complexity index is 356. The summed E-state index contributed by atoms with van der Waals surface area (Å²) in [5.74, 6) is 1.97. The first-order valence-electron chi connectivity index (χ1n) is 7.76. The molecule has 108 valence electrons. The maximum Gasteiger partial charge on any atom is 0.123 e. The van der Waals surface area contributed by atoms with E-state index in [0.29, 0.717) is 17.5 Å². The first kappa shape index (κ1) is 14.6. The number of nitrogens with zero attached hydrogens (tertiary/aromatic N) is 1.